The van der Waals surface area contributed by atoms with Crippen LogP contribution in [0.2, 0.25) is 0 Å². The number of ether oxygens (including phenoxy) is 1. The number of carbonyl (C=O) groups excluding carboxylic acids is 1. The van der Waals surface area contributed by atoms with Gasteiger partial charge in [-0.1, -0.05) is 54.6 Å². The fraction of sp³-hybridized carbons (Fsp3) is 0.235. The van der Waals surface area contributed by atoms with Crippen molar-refractivity contribution in [2.24, 2.45) is 0 Å². The molecule has 0 saturated heterocycles. The third kappa shape index (κ3) is 2.32. The zero-order valence-electron chi connectivity index (χ0n) is 11.5. The van der Waals surface area contributed by atoms with Crippen LogP contribution in [0.3, 0.4) is 0 Å². The Morgan fingerprint density at radius 1 is 1.00 bits per heavy atom. The van der Waals surface area contributed by atoms with Gasteiger partial charge in [0.1, 0.15) is 6.04 Å². The van der Waals surface area contributed by atoms with E-state index < -0.39 is 0 Å². The van der Waals surface area contributed by atoms with E-state index in [-0.39, 0.29) is 12.0 Å². The Labute approximate surface area is 118 Å². The van der Waals surface area contributed by atoms with Crippen molar-refractivity contribution in [2.45, 2.75) is 19.1 Å². The maximum absolute atomic E-state index is 12.2. The van der Waals surface area contributed by atoms with Crippen molar-refractivity contribution < 1.29 is 9.53 Å². The van der Waals surface area contributed by atoms with Crippen LogP contribution in [-0.4, -0.2) is 18.0 Å². The Hall–Kier alpha value is -2.13. The maximum Gasteiger partial charge on any atom is 0.327 e. The van der Waals surface area contributed by atoms with Crippen molar-refractivity contribution in [3.8, 4) is 0 Å². The van der Waals surface area contributed by atoms with E-state index in [0.29, 0.717) is 0 Å². The highest BCUT2D eigenvalue weighted by Crippen LogP contribution is 2.31. The Morgan fingerprint density at radius 2 is 1.55 bits per heavy atom. The number of carbonyl (C=O) groups is 1. The zero-order valence-corrected chi connectivity index (χ0v) is 11.5. The number of fused-ring (bicyclic) bond motifs is 1. The van der Waals surface area contributed by atoms with Crippen LogP contribution >= 0.6 is 0 Å². The van der Waals surface area contributed by atoms with Crippen LogP contribution in [0.25, 0.3) is 0 Å². The molecule has 0 radical (unpaired) electrons. The maximum atomic E-state index is 12.2. The summed E-state index contributed by atoms with van der Waals surface area (Å²) in [5, 5.41) is 0. The van der Waals surface area contributed by atoms with E-state index in [9.17, 15) is 4.79 Å². The molecule has 3 heteroatoms. The highest BCUT2D eigenvalue weighted by molar-refractivity contribution is 5.77. The van der Waals surface area contributed by atoms with Gasteiger partial charge >= 0.3 is 5.97 Å². The summed E-state index contributed by atoms with van der Waals surface area (Å²) in [6, 6.07) is 17.8. The van der Waals surface area contributed by atoms with Gasteiger partial charge in [-0.15, -0.1) is 0 Å². The Balaban J connectivity index is 1.91. The minimum Gasteiger partial charge on any atom is -0.468 e. The second kappa shape index (κ2) is 5.47. The molecule has 1 heterocycles. The van der Waals surface area contributed by atoms with Gasteiger partial charge < -0.3 is 4.74 Å². The van der Waals surface area contributed by atoms with Crippen molar-refractivity contribution in [2.75, 3.05) is 7.11 Å². The second-order valence-electron chi connectivity index (χ2n) is 5.01. The fourth-order valence-corrected chi connectivity index (χ4v) is 2.79. The highest BCUT2D eigenvalue weighted by atomic mass is 16.5. The van der Waals surface area contributed by atoms with Gasteiger partial charge in [0, 0.05) is 13.1 Å². The van der Waals surface area contributed by atoms with Gasteiger partial charge in [0.05, 0.1) is 7.11 Å². The van der Waals surface area contributed by atoms with Crippen LogP contribution in [0.5, 0.6) is 0 Å². The normalized spacial score (nSPS) is 15.7. The lowest BCUT2D eigenvalue weighted by atomic mass is 10.1. The van der Waals surface area contributed by atoms with E-state index in [0.717, 1.165) is 18.7 Å². The predicted octanol–water partition coefficient (Wildman–Crippen LogP) is 2.92. The quantitative estimate of drug-likeness (QED) is 0.801. The van der Waals surface area contributed by atoms with Crippen molar-refractivity contribution in [1.29, 1.82) is 0 Å². The minimum atomic E-state index is -0.339. The summed E-state index contributed by atoms with van der Waals surface area (Å²) < 4.78 is 5.00. The van der Waals surface area contributed by atoms with Crippen LogP contribution in [0.4, 0.5) is 0 Å². The highest BCUT2D eigenvalue weighted by Gasteiger charge is 2.32. The molecule has 2 aromatic carbocycles. The van der Waals surface area contributed by atoms with E-state index >= 15 is 0 Å². The SMILES string of the molecule is COC(=O)[C@@H](c1ccccc1)N1Cc2ccccc2C1. The molecule has 1 atom stereocenters. The third-order valence-electron chi connectivity index (χ3n) is 3.77. The summed E-state index contributed by atoms with van der Waals surface area (Å²) in [4.78, 5) is 14.3. The van der Waals surface area contributed by atoms with Gasteiger partial charge in [-0.3, -0.25) is 4.90 Å². The molecule has 0 N–H and O–H groups in total. The molecule has 0 fully saturated rings. The molecule has 0 aliphatic carbocycles. The average molecular weight is 267 g/mol. The smallest absolute Gasteiger partial charge is 0.327 e. The van der Waals surface area contributed by atoms with Crippen LogP contribution in [0.1, 0.15) is 22.7 Å². The molecule has 3 nitrogen and oxygen atoms in total. The molecule has 20 heavy (non-hydrogen) atoms. The molecule has 0 unspecified atom stereocenters. The van der Waals surface area contributed by atoms with Gasteiger partial charge in [-0.2, -0.15) is 0 Å². The first-order chi connectivity index (χ1) is 9.79. The summed E-state index contributed by atoms with van der Waals surface area (Å²) in [6.07, 6.45) is 0. The number of rotatable bonds is 3. The summed E-state index contributed by atoms with van der Waals surface area (Å²) in [5.74, 6) is -0.205. The number of hydrogen-bond donors (Lipinski definition) is 0. The lowest BCUT2D eigenvalue weighted by Crippen LogP contribution is -2.30. The number of methoxy groups -OCH3 is 1. The number of hydrogen-bond acceptors (Lipinski definition) is 3. The van der Waals surface area contributed by atoms with Crippen LogP contribution in [0, 0.1) is 0 Å². The van der Waals surface area contributed by atoms with Crippen molar-refractivity contribution >= 4 is 5.97 Å². The minimum absolute atomic E-state index is 0.205. The van der Waals surface area contributed by atoms with E-state index in [1.54, 1.807) is 0 Å². The predicted molar refractivity (Wildman–Crippen MR) is 76.9 cm³/mol. The number of benzene rings is 2. The largest absolute Gasteiger partial charge is 0.468 e. The summed E-state index contributed by atoms with van der Waals surface area (Å²) in [6.45, 7) is 1.57. The number of nitrogens with zero attached hydrogens (tertiary/aromatic N) is 1. The summed E-state index contributed by atoms with van der Waals surface area (Å²) in [7, 11) is 1.45. The van der Waals surface area contributed by atoms with Crippen molar-refractivity contribution in [1.82, 2.24) is 4.90 Å². The van der Waals surface area contributed by atoms with Crippen LogP contribution in [0.15, 0.2) is 54.6 Å². The molecule has 1 aliphatic rings. The molecule has 0 spiro atoms. The molecule has 0 amide bonds. The molecular formula is C17H17NO2. The van der Waals surface area contributed by atoms with E-state index in [1.807, 2.05) is 42.5 Å². The van der Waals surface area contributed by atoms with Crippen molar-refractivity contribution in [3.63, 3.8) is 0 Å². The van der Waals surface area contributed by atoms with Gasteiger partial charge in [0.15, 0.2) is 0 Å². The van der Waals surface area contributed by atoms with Gasteiger partial charge in [0.25, 0.3) is 0 Å². The molecule has 102 valence electrons. The Bertz CT molecular complexity index is 584. The Kier molecular flexibility index (Phi) is 3.52. The van der Waals surface area contributed by atoms with Crippen LogP contribution in [-0.2, 0) is 22.6 Å². The van der Waals surface area contributed by atoms with Crippen LogP contribution < -0.4 is 0 Å². The Morgan fingerprint density at radius 3 is 2.10 bits per heavy atom. The fourth-order valence-electron chi connectivity index (χ4n) is 2.79. The molecule has 0 aromatic heterocycles. The second-order valence-corrected chi connectivity index (χ2v) is 5.01. The molecule has 0 bridgehead atoms. The monoisotopic (exact) mass is 267 g/mol. The van der Waals surface area contributed by atoms with Gasteiger partial charge in [-0.05, 0) is 16.7 Å². The lowest BCUT2D eigenvalue weighted by Gasteiger charge is -2.25. The van der Waals surface area contributed by atoms with E-state index in [1.165, 1.54) is 18.2 Å². The summed E-state index contributed by atoms with van der Waals surface area (Å²) in [5.41, 5.74) is 3.56. The van der Waals surface area contributed by atoms with E-state index in [4.69, 9.17) is 4.74 Å². The van der Waals surface area contributed by atoms with E-state index in [2.05, 4.69) is 17.0 Å². The first-order valence-electron chi connectivity index (χ1n) is 6.73. The first kappa shape index (κ1) is 12.9. The standard InChI is InChI=1S/C17H17NO2/c1-20-17(19)16(13-7-3-2-4-8-13)18-11-14-9-5-6-10-15(14)12-18/h2-10,16H,11-12H2,1H3/t16-/m1/s1. The average Bonchev–Trinajstić information content (AvgIpc) is 2.91. The molecule has 0 saturated carbocycles. The summed E-state index contributed by atoms with van der Waals surface area (Å²) >= 11 is 0. The third-order valence-corrected chi connectivity index (χ3v) is 3.77. The topological polar surface area (TPSA) is 29.5 Å². The molecular weight excluding hydrogens is 250 g/mol. The molecule has 1 aliphatic heterocycles. The van der Waals surface area contributed by atoms with Crippen molar-refractivity contribution in [3.05, 3.63) is 71.3 Å². The zero-order chi connectivity index (χ0) is 13.9. The first-order valence-corrected chi connectivity index (χ1v) is 6.73. The van der Waals surface area contributed by atoms with Gasteiger partial charge in [0.2, 0.25) is 0 Å². The number of esters is 1. The lowest BCUT2D eigenvalue weighted by molar-refractivity contribution is -0.147. The molecule has 2 aromatic rings. The van der Waals surface area contributed by atoms with Gasteiger partial charge in [-0.25, -0.2) is 4.79 Å². The molecule has 3 rings (SSSR count).